The van der Waals surface area contributed by atoms with E-state index in [1.807, 2.05) is 10.9 Å². The third kappa shape index (κ3) is 5.73. The van der Waals surface area contributed by atoms with Crippen LogP contribution in [0.2, 0.25) is 0 Å². The number of rotatable bonds is 7. The molecule has 1 saturated carbocycles. The van der Waals surface area contributed by atoms with E-state index in [4.69, 9.17) is 0 Å². The maximum atomic E-state index is 12.4. The standard InChI is InChI=1S/C24H34N6O/c1-28(2)21-13-11-19(12-14-21)7-5-15-29-16-6-10-22(17-29)30-18-23(26-27-30)24(31)25-20-8-3-4-9-20/h5,7,11-14,18,20,22H,3-4,6,8-10,15-17H2,1-2H3,(H,25,31)/b7-5+. The number of anilines is 1. The van der Waals surface area contributed by atoms with Crippen molar-refractivity contribution in [3.8, 4) is 0 Å². The molecule has 7 nitrogen and oxygen atoms in total. The molecule has 2 fully saturated rings. The van der Waals surface area contributed by atoms with E-state index in [0.717, 1.165) is 45.3 Å². The number of likely N-dealkylation sites (tertiary alicyclic amines) is 1. The molecule has 0 spiro atoms. The summed E-state index contributed by atoms with van der Waals surface area (Å²) in [5, 5.41) is 11.5. The highest BCUT2D eigenvalue weighted by Crippen LogP contribution is 2.22. The van der Waals surface area contributed by atoms with Gasteiger partial charge in [-0.3, -0.25) is 9.69 Å². The van der Waals surface area contributed by atoms with E-state index < -0.39 is 0 Å². The van der Waals surface area contributed by atoms with E-state index >= 15 is 0 Å². The number of benzene rings is 1. The number of nitrogens with zero attached hydrogens (tertiary/aromatic N) is 5. The summed E-state index contributed by atoms with van der Waals surface area (Å²) in [5.74, 6) is -0.0889. The molecule has 1 N–H and O–H groups in total. The predicted molar refractivity (Wildman–Crippen MR) is 124 cm³/mol. The van der Waals surface area contributed by atoms with Crippen molar-refractivity contribution in [3.63, 3.8) is 0 Å². The van der Waals surface area contributed by atoms with Crippen LogP contribution in [0.5, 0.6) is 0 Å². The van der Waals surface area contributed by atoms with Crippen molar-refractivity contribution in [2.75, 3.05) is 38.6 Å². The smallest absolute Gasteiger partial charge is 0.273 e. The van der Waals surface area contributed by atoms with Crippen molar-refractivity contribution < 1.29 is 4.79 Å². The fourth-order valence-electron chi connectivity index (χ4n) is 4.52. The van der Waals surface area contributed by atoms with Crippen LogP contribution in [0.1, 0.15) is 60.6 Å². The average molecular weight is 423 g/mol. The van der Waals surface area contributed by atoms with E-state index in [-0.39, 0.29) is 11.9 Å². The second kappa shape index (κ2) is 10.1. The van der Waals surface area contributed by atoms with Gasteiger partial charge in [0.1, 0.15) is 0 Å². The first-order valence-corrected chi connectivity index (χ1v) is 11.5. The molecule has 2 heterocycles. The van der Waals surface area contributed by atoms with E-state index in [1.165, 1.54) is 24.1 Å². The van der Waals surface area contributed by atoms with Gasteiger partial charge in [0, 0.05) is 38.9 Å². The maximum absolute atomic E-state index is 12.4. The summed E-state index contributed by atoms with van der Waals surface area (Å²) in [6.45, 7) is 2.93. The Morgan fingerprint density at radius 1 is 1.16 bits per heavy atom. The Bertz CT molecular complexity index is 882. The summed E-state index contributed by atoms with van der Waals surface area (Å²) in [6, 6.07) is 9.15. The third-order valence-electron chi connectivity index (χ3n) is 6.37. The van der Waals surface area contributed by atoms with E-state index in [2.05, 4.69) is 75.9 Å². The van der Waals surface area contributed by atoms with Gasteiger partial charge in [-0.05, 0) is 49.9 Å². The van der Waals surface area contributed by atoms with Crippen LogP contribution in [0.3, 0.4) is 0 Å². The van der Waals surface area contributed by atoms with Crippen molar-refractivity contribution >= 4 is 17.7 Å². The Labute approximate surface area is 185 Å². The molecule has 31 heavy (non-hydrogen) atoms. The van der Waals surface area contributed by atoms with Gasteiger partial charge in [-0.15, -0.1) is 5.10 Å². The van der Waals surface area contributed by atoms with Crippen LogP contribution in [-0.2, 0) is 0 Å². The van der Waals surface area contributed by atoms with Crippen LogP contribution in [0.25, 0.3) is 6.08 Å². The van der Waals surface area contributed by atoms with Gasteiger partial charge in [0.15, 0.2) is 5.69 Å². The van der Waals surface area contributed by atoms with Crippen LogP contribution in [0.4, 0.5) is 5.69 Å². The zero-order valence-electron chi connectivity index (χ0n) is 18.7. The Morgan fingerprint density at radius 2 is 1.94 bits per heavy atom. The molecule has 7 heteroatoms. The van der Waals surface area contributed by atoms with Gasteiger partial charge in [0.2, 0.25) is 0 Å². The maximum Gasteiger partial charge on any atom is 0.273 e. The van der Waals surface area contributed by atoms with Crippen LogP contribution in [-0.4, -0.2) is 65.6 Å². The molecular formula is C24H34N6O. The molecule has 2 aliphatic rings. The monoisotopic (exact) mass is 422 g/mol. The fourth-order valence-corrected chi connectivity index (χ4v) is 4.52. The first kappa shape index (κ1) is 21.6. The van der Waals surface area contributed by atoms with Gasteiger partial charge in [-0.2, -0.15) is 0 Å². The number of amides is 1. The lowest BCUT2D eigenvalue weighted by molar-refractivity contribution is 0.0932. The molecule has 0 radical (unpaired) electrons. The predicted octanol–water partition coefficient (Wildman–Crippen LogP) is 3.37. The van der Waals surface area contributed by atoms with Gasteiger partial charge in [-0.25, -0.2) is 4.68 Å². The normalized spacial score (nSPS) is 20.4. The summed E-state index contributed by atoms with van der Waals surface area (Å²) in [5.41, 5.74) is 2.86. The summed E-state index contributed by atoms with van der Waals surface area (Å²) < 4.78 is 1.89. The van der Waals surface area contributed by atoms with E-state index in [9.17, 15) is 4.79 Å². The highest BCUT2D eigenvalue weighted by atomic mass is 16.2. The number of carbonyl (C=O) groups is 1. The molecule has 1 saturated heterocycles. The molecular weight excluding hydrogens is 388 g/mol. The number of piperidine rings is 1. The Kier molecular flexibility index (Phi) is 7.02. The number of aromatic nitrogens is 3. The summed E-state index contributed by atoms with van der Waals surface area (Å²) >= 11 is 0. The molecule has 1 atom stereocenters. The third-order valence-corrected chi connectivity index (χ3v) is 6.37. The zero-order chi connectivity index (χ0) is 21.6. The quantitative estimate of drug-likeness (QED) is 0.741. The highest BCUT2D eigenvalue weighted by Gasteiger charge is 2.24. The first-order chi connectivity index (χ1) is 15.1. The largest absolute Gasteiger partial charge is 0.378 e. The van der Waals surface area contributed by atoms with E-state index in [1.54, 1.807) is 0 Å². The van der Waals surface area contributed by atoms with Crippen LogP contribution >= 0.6 is 0 Å². The first-order valence-electron chi connectivity index (χ1n) is 11.5. The van der Waals surface area contributed by atoms with Crippen molar-refractivity contribution in [2.45, 2.75) is 50.6 Å². The second-order valence-electron chi connectivity index (χ2n) is 8.98. The minimum absolute atomic E-state index is 0.0889. The number of hydrogen-bond donors (Lipinski definition) is 1. The molecule has 4 rings (SSSR count). The average Bonchev–Trinajstić information content (AvgIpc) is 3.47. The van der Waals surface area contributed by atoms with Crippen LogP contribution < -0.4 is 10.2 Å². The molecule has 0 bridgehead atoms. The van der Waals surface area contributed by atoms with Gasteiger partial charge < -0.3 is 10.2 Å². The SMILES string of the molecule is CN(C)c1ccc(/C=C/CN2CCCC(n3cc(C(=O)NC4CCCC4)nn3)C2)cc1. The molecule has 166 valence electrons. The summed E-state index contributed by atoms with van der Waals surface area (Å²) in [6.07, 6.45) is 13.0. The highest BCUT2D eigenvalue weighted by molar-refractivity contribution is 5.92. The number of nitrogens with one attached hydrogen (secondary N) is 1. The second-order valence-corrected chi connectivity index (χ2v) is 8.98. The van der Waals surface area contributed by atoms with Gasteiger partial charge >= 0.3 is 0 Å². The van der Waals surface area contributed by atoms with E-state index in [0.29, 0.717) is 11.7 Å². The summed E-state index contributed by atoms with van der Waals surface area (Å²) in [4.78, 5) is 17.0. The van der Waals surface area contributed by atoms with Crippen molar-refractivity contribution in [1.82, 2.24) is 25.2 Å². The zero-order valence-corrected chi connectivity index (χ0v) is 18.7. The minimum atomic E-state index is -0.0889. The van der Waals surface area contributed by atoms with Gasteiger partial charge in [0.25, 0.3) is 5.91 Å². The number of hydrogen-bond acceptors (Lipinski definition) is 5. The lowest BCUT2D eigenvalue weighted by Gasteiger charge is -2.31. The summed E-state index contributed by atoms with van der Waals surface area (Å²) in [7, 11) is 4.11. The molecule has 1 aromatic heterocycles. The molecule has 2 aromatic rings. The Hall–Kier alpha value is -2.67. The molecule has 1 aliphatic carbocycles. The van der Waals surface area contributed by atoms with Gasteiger partial charge in [0.05, 0.1) is 12.2 Å². The van der Waals surface area contributed by atoms with Crippen molar-refractivity contribution in [1.29, 1.82) is 0 Å². The topological polar surface area (TPSA) is 66.3 Å². The van der Waals surface area contributed by atoms with Crippen molar-refractivity contribution in [3.05, 3.63) is 47.8 Å². The van der Waals surface area contributed by atoms with Crippen LogP contribution in [0, 0.1) is 0 Å². The fraction of sp³-hybridized carbons (Fsp3) is 0.542. The Morgan fingerprint density at radius 3 is 2.68 bits per heavy atom. The molecule has 1 unspecified atom stereocenters. The van der Waals surface area contributed by atoms with Gasteiger partial charge in [-0.1, -0.05) is 42.3 Å². The minimum Gasteiger partial charge on any atom is -0.378 e. The lowest BCUT2D eigenvalue weighted by Crippen LogP contribution is -2.37. The molecule has 1 aliphatic heterocycles. The number of carbonyl (C=O) groups excluding carboxylic acids is 1. The molecule has 1 amide bonds. The van der Waals surface area contributed by atoms with Crippen LogP contribution in [0.15, 0.2) is 36.5 Å². The molecule has 1 aromatic carbocycles. The lowest BCUT2D eigenvalue weighted by atomic mass is 10.1. The Balaban J connectivity index is 1.29. The van der Waals surface area contributed by atoms with Crippen molar-refractivity contribution in [2.24, 2.45) is 0 Å².